The zero-order valence-electron chi connectivity index (χ0n) is 15.8. The number of para-hydroxylation sites is 1. The number of hydrogen-bond acceptors (Lipinski definition) is 5. The van der Waals surface area contributed by atoms with Gasteiger partial charge in [0.1, 0.15) is 0 Å². The van der Waals surface area contributed by atoms with Crippen molar-refractivity contribution in [2.45, 2.75) is 42.4 Å². The summed E-state index contributed by atoms with van der Waals surface area (Å²) >= 11 is 1.34. The largest absolute Gasteiger partial charge is 0.455 e. The molecule has 144 valence electrons. The highest BCUT2D eigenvalue weighted by atomic mass is 32.2. The first-order valence-electron chi connectivity index (χ1n) is 9.34. The topological polar surface area (TPSA) is 63.7 Å². The predicted molar refractivity (Wildman–Crippen MR) is 108 cm³/mol. The van der Waals surface area contributed by atoms with Gasteiger partial charge in [-0.05, 0) is 23.6 Å². The summed E-state index contributed by atoms with van der Waals surface area (Å²) in [6, 6.07) is 14.8. The maximum atomic E-state index is 13.0. The number of carbonyl (C=O) groups is 3. The van der Waals surface area contributed by atoms with Gasteiger partial charge in [-0.15, -0.1) is 0 Å². The number of ether oxygens (including phenoxy) is 1. The quantitative estimate of drug-likeness (QED) is 0.562. The number of esters is 1. The van der Waals surface area contributed by atoms with E-state index in [1.807, 2.05) is 36.4 Å². The molecule has 6 heteroatoms. The molecule has 4 rings (SSSR count). The average molecular weight is 395 g/mol. The molecule has 2 aliphatic rings. The lowest BCUT2D eigenvalue weighted by molar-refractivity contribution is -0.145. The van der Waals surface area contributed by atoms with E-state index in [0.717, 1.165) is 16.1 Å². The molecular weight excluding hydrogens is 374 g/mol. The molecule has 0 saturated carbocycles. The van der Waals surface area contributed by atoms with Crippen molar-refractivity contribution in [1.29, 1.82) is 0 Å². The number of ketones is 1. The van der Waals surface area contributed by atoms with Crippen molar-refractivity contribution in [2.24, 2.45) is 0 Å². The number of fused-ring (bicyclic) bond motifs is 3. The summed E-state index contributed by atoms with van der Waals surface area (Å²) in [6.07, 6.45) is 0.669. The van der Waals surface area contributed by atoms with E-state index >= 15 is 0 Å². The molecule has 2 aromatic carbocycles. The molecular formula is C22H21NO4S. The number of rotatable bonds is 5. The Hall–Kier alpha value is -2.60. The Kier molecular flexibility index (Phi) is 4.75. The molecule has 1 amide bonds. The van der Waals surface area contributed by atoms with Gasteiger partial charge in [0, 0.05) is 23.3 Å². The number of hydrogen-bond donors (Lipinski definition) is 0. The van der Waals surface area contributed by atoms with Crippen molar-refractivity contribution in [2.75, 3.05) is 11.5 Å². The molecule has 1 fully saturated rings. The Morgan fingerprint density at radius 3 is 2.57 bits per heavy atom. The maximum absolute atomic E-state index is 13.0. The maximum Gasteiger partial charge on any atom is 0.343 e. The van der Waals surface area contributed by atoms with E-state index in [1.54, 1.807) is 12.1 Å². The third kappa shape index (κ3) is 3.02. The van der Waals surface area contributed by atoms with E-state index in [2.05, 4.69) is 13.8 Å². The van der Waals surface area contributed by atoms with Crippen molar-refractivity contribution >= 4 is 35.1 Å². The lowest BCUT2D eigenvalue weighted by Crippen LogP contribution is -2.48. The van der Waals surface area contributed by atoms with Crippen LogP contribution in [0.4, 0.5) is 5.69 Å². The monoisotopic (exact) mass is 395 g/mol. The molecule has 2 heterocycles. The first-order valence-corrected chi connectivity index (χ1v) is 10.2. The molecule has 0 spiro atoms. The lowest BCUT2D eigenvalue weighted by Gasteiger charge is -2.28. The highest BCUT2D eigenvalue weighted by Crippen LogP contribution is 2.56. The molecule has 0 aliphatic carbocycles. The highest BCUT2D eigenvalue weighted by Gasteiger charge is 2.58. The number of benzene rings is 2. The third-order valence-electron chi connectivity index (χ3n) is 5.23. The van der Waals surface area contributed by atoms with Gasteiger partial charge in [0.05, 0.1) is 5.69 Å². The van der Waals surface area contributed by atoms with E-state index in [4.69, 9.17) is 4.74 Å². The van der Waals surface area contributed by atoms with E-state index in [-0.39, 0.29) is 18.3 Å². The second kappa shape index (κ2) is 7.09. The third-order valence-corrected chi connectivity index (χ3v) is 6.68. The second-order valence-corrected chi connectivity index (χ2v) is 8.68. The van der Waals surface area contributed by atoms with Crippen molar-refractivity contribution in [1.82, 2.24) is 0 Å². The van der Waals surface area contributed by atoms with Crippen LogP contribution >= 0.6 is 11.8 Å². The van der Waals surface area contributed by atoms with Gasteiger partial charge in [0.2, 0.25) is 5.91 Å². The highest BCUT2D eigenvalue weighted by molar-refractivity contribution is 8.02. The van der Waals surface area contributed by atoms with Gasteiger partial charge in [0.25, 0.3) is 0 Å². The van der Waals surface area contributed by atoms with Crippen LogP contribution in [-0.2, 0) is 14.3 Å². The molecule has 1 unspecified atom stereocenters. The van der Waals surface area contributed by atoms with Gasteiger partial charge in [-0.3, -0.25) is 14.5 Å². The van der Waals surface area contributed by atoms with Crippen LogP contribution in [0.5, 0.6) is 0 Å². The molecule has 0 bridgehead atoms. The van der Waals surface area contributed by atoms with Crippen LogP contribution in [0.2, 0.25) is 0 Å². The lowest BCUT2D eigenvalue weighted by atomic mass is 10.0. The Bertz CT molecular complexity index is 953. The van der Waals surface area contributed by atoms with Gasteiger partial charge < -0.3 is 4.74 Å². The molecule has 0 N–H and O–H groups in total. The van der Waals surface area contributed by atoms with Crippen LogP contribution in [0, 0.1) is 0 Å². The summed E-state index contributed by atoms with van der Waals surface area (Å²) in [7, 11) is 0. The van der Waals surface area contributed by atoms with Gasteiger partial charge in [0.15, 0.2) is 17.3 Å². The number of anilines is 1. The van der Waals surface area contributed by atoms with Crippen molar-refractivity contribution in [3.05, 3.63) is 59.7 Å². The Morgan fingerprint density at radius 1 is 1.14 bits per heavy atom. The van der Waals surface area contributed by atoms with Crippen LogP contribution in [0.15, 0.2) is 53.4 Å². The fraction of sp³-hybridized carbons (Fsp3) is 0.318. The molecule has 1 atom stereocenters. The van der Waals surface area contributed by atoms with Gasteiger partial charge in [-0.1, -0.05) is 62.0 Å². The Balaban J connectivity index is 1.48. The molecule has 28 heavy (non-hydrogen) atoms. The summed E-state index contributed by atoms with van der Waals surface area (Å²) in [5.74, 6) is -0.499. The summed E-state index contributed by atoms with van der Waals surface area (Å²) in [4.78, 5) is 39.1. The van der Waals surface area contributed by atoms with Crippen LogP contribution in [0.3, 0.4) is 0 Å². The summed E-state index contributed by atoms with van der Waals surface area (Å²) in [6.45, 7) is 3.84. The van der Waals surface area contributed by atoms with Crippen LogP contribution < -0.4 is 4.90 Å². The van der Waals surface area contributed by atoms with Crippen molar-refractivity contribution in [3.8, 4) is 0 Å². The van der Waals surface area contributed by atoms with Gasteiger partial charge in [-0.2, -0.15) is 0 Å². The fourth-order valence-electron chi connectivity index (χ4n) is 3.65. The summed E-state index contributed by atoms with van der Waals surface area (Å²) in [5, 5.41) is 0. The molecule has 0 aromatic heterocycles. The molecule has 2 aliphatic heterocycles. The van der Waals surface area contributed by atoms with Crippen LogP contribution in [-0.4, -0.2) is 29.1 Å². The van der Waals surface area contributed by atoms with Crippen LogP contribution in [0.25, 0.3) is 0 Å². The van der Waals surface area contributed by atoms with Crippen molar-refractivity contribution in [3.63, 3.8) is 0 Å². The molecule has 1 saturated heterocycles. The van der Waals surface area contributed by atoms with E-state index in [9.17, 15) is 14.4 Å². The summed E-state index contributed by atoms with van der Waals surface area (Å²) < 4.78 is 5.40. The minimum absolute atomic E-state index is 0.0926. The smallest absolute Gasteiger partial charge is 0.343 e. The van der Waals surface area contributed by atoms with Gasteiger partial charge >= 0.3 is 5.97 Å². The number of thioether (sulfide) groups is 1. The minimum Gasteiger partial charge on any atom is -0.455 e. The Labute approximate surface area is 168 Å². The van der Waals surface area contributed by atoms with Crippen LogP contribution in [0.1, 0.15) is 48.5 Å². The first kappa shape index (κ1) is 18.7. The fourth-order valence-corrected chi connectivity index (χ4v) is 5.07. The molecule has 0 radical (unpaired) electrons. The number of nitrogens with zero attached hydrogens (tertiary/aromatic N) is 1. The standard InChI is InChI=1S/C22H21NO4S/c1-14(2)15-7-9-16(10-8-15)18(24)13-27-21(26)22-12-11-20(25)23(22)17-5-3-4-6-19(17)28-22/h3-10,14H,11-13H2,1-2H3. The minimum atomic E-state index is -1.09. The van der Waals surface area contributed by atoms with Crippen molar-refractivity contribution < 1.29 is 19.1 Å². The predicted octanol–water partition coefficient (Wildman–Crippen LogP) is 4.16. The average Bonchev–Trinajstić information content (AvgIpc) is 3.21. The van der Waals surface area contributed by atoms with E-state index < -0.39 is 10.8 Å². The second-order valence-electron chi connectivity index (χ2n) is 7.36. The van der Waals surface area contributed by atoms with Gasteiger partial charge in [-0.25, -0.2) is 4.79 Å². The molecule has 5 nitrogen and oxygen atoms in total. The number of Topliss-reactive ketones (excluding diaryl/α,β-unsaturated/α-hetero) is 1. The Morgan fingerprint density at radius 2 is 1.86 bits per heavy atom. The van der Waals surface area contributed by atoms with E-state index in [0.29, 0.717) is 24.3 Å². The zero-order valence-corrected chi connectivity index (χ0v) is 16.6. The normalized spacial score (nSPS) is 20.2. The SMILES string of the molecule is CC(C)c1ccc(C(=O)COC(=O)C23CCC(=O)N2c2ccccc2S3)cc1. The number of carbonyl (C=O) groups excluding carboxylic acids is 3. The first-order chi connectivity index (χ1) is 13.4. The number of amides is 1. The summed E-state index contributed by atoms with van der Waals surface area (Å²) in [5.41, 5.74) is 2.40. The van der Waals surface area contributed by atoms with E-state index in [1.165, 1.54) is 16.7 Å². The zero-order chi connectivity index (χ0) is 19.9. The molecule has 2 aromatic rings.